The van der Waals surface area contributed by atoms with Gasteiger partial charge in [-0.2, -0.15) is 10.1 Å². The van der Waals surface area contributed by atoms with Crippen LogP contribution in [0, 0.1) is 0 Å². The molecule has 0 saturated carbocycles. The largest absolute Gasteiger partial charge is 0.383 e. The number of ether oxygens (including phenoxy) is 1. The molecular weight excluding hydrogens is 278 g/mol. The normalized spacial score (nSPS) is 10.5. The van der Waals surface area contributed by atoms with Crippen LogP contribution in [0.5, 0.6) is 0 Å². The van der Waals surface area contributed by atoms with E-state index in [1.54, 1.807) is 13.3 Å². The molecule has 0 amide bonds. The summed E-state index contributed by atoms with van der Waals surface area (Å²) < 4.78 is 5.01. The third-order valence-electron chi connectivity index (χ3n) is 3.41. The number of nitrogens with zero attached hydrogens (tertiary/aromatic N) is 3. The highest BCUT2D eigenvalue weighted by molar-refractivity contribution is 5.64. The van der Waals surface area contributed by atoms with Crippen molar-refractivity contribution < 1.29 is 4.74 Å². The van der Waals surface area contributed by atoms with Crippen LogP contribution in [0.3, 0.4) is 0 Å². The van der Waals surface area contributed by atoms with Crippen molar-refractivity contribution in [3.05, 3.63) is 35.5 Å². The molecule has 6 heteroatoms. The Bertz CT molecular complexity index is 581. The van der Waals surface area contributed by atoms with Gasteiger partial charge < -0.3 is 15.4 Å². The van der Waals surface area contributed by atoms with Crippen molar-refractivity contribution in [2.24, 2.45) is 0 Å². The zero-order valence-electron chi connectivity index (χ0n) is 13.4. The van der Waals surface area contributed by atoms with E-state index in [1.807, 2.05) is 0 Å². The molecule has 0 aliphatic carbocycles. The Morgan fingerprint density at radius 2 is 1.86 bits per heavy atom. The van der Waals surface area contributed by atoms with E-state index in [2.05, 4.69) is 57.9 Å². The number of benzene rings is 1. The molecule has 2 rings (SSSR count). The minimum Gasteiger partial charge on any atom is -0.383 e. The molecule has 0 saturated heterocycles. The maximum Gasteiger partial charge on any atom is 0.249 e. The van der Waals surface area contributed by atoms with Gasteiger partial charge in [0.25, 0.3) is 0 Å². The number of hydrogen-bond acceptors (Lipinski definition) is 6. The molecule has 0 spiro atoms. The van der Waals surface area contributed by atoms with Crippen LogP contribution in [0.25, 0.3) is 0 Å². The summed E-state index contributed by atoms with van der Waals surface area (Å²) >= 11 is 0. The van der Waals surface area contributed by atoms with Gasteiger partial charge in [0, 0.05) is 19.3 Å². The molecule has 0 radical (unpaired) electrons. The number of anilines is 3. The Labute approximate surface area is 131 Å². The Morgan fingerprint density at radius 1 is 1.14 bits per heavy atom. The predicted octanol–water partition coefficient (Wildman–Crippen LogP) is 2.80. The molecule has 6 nitrogen and oxygen atoms in total. The summed E-state index contributed by atoms with van der Waals surface area (Å²) in [7, 11) is 1.67. The molecule has 2 aromatic rings. The van der Waals surface area contributed by atoms with Crippen molar-refractivity contribution in [2.45, 2.75) is 26.7 Å². The van der Waals surface area contributed by atoms with Crippen molar-refractivity contribution in [2.75, 3.05) is 30.9 Å². The fourth-order valence-electron chi connectivity index (χ4n) is 2.24. The molecule has 0 aliphatic heterocycles. The number of nitrogens with one attached hydrogen (secondary N) is 2. The SMILES string of the molecule is CCc1cccc(CC)c1Nc1nncc(NCCOC)n1. The first-order valence-electron chi connectivity index (χ1n) is 7.58. The van der Waals surface area contributed by atoms with Crippen LogP contribution in [0.1, 0.15) is 25.0 Å². The van der Waals surface area contributed by atoms with Gasteiger partial charge >= 0.3 is 0 Å². The molecular formula is C16H23N5O. The Balaban J connectivity index is 2.18. The number of rotatable bonds is 8. The standard InChI is InChI=1S/C16H23N5O/c1-4-12-7-6-8-13(5-2)15(12)20-16-19-14(11-18-21-16)17-9-10-22-3/h6-8,11H,4-5,9-10H2,1-3H3,(H2,17,19,20,21). The third-order valence-corrected chi connectivity index (χ3v) is 3.41. The van der Waals surface area contributed by atoms with Crippen LogP contribution in [-0.4, -0.2) is 35.4 Å². The highest BCUT2D eigenvalue weighted by Gasteiger charge is 2.08. The lowest BCUT2D eigenvalue weighted by Gasteiger charge is -2.14. The summed E-state index contributed by atoms with van der Waals surface area (Å²) in [5, 5.41) is 14.5. The van der Waals surface area contributed by atoms with Crippen molar-refractivity contribution in [1.29, 1.82) is 0 Å². The van der Waals surface area contributed by atoms with Gasteiger partial charge in [0.05, 0.1) is 12.8 Å². The van der Waals surface area contributed by atoms with Crippen LogP contribution in [-0.2, 0) is 17.6 Å². The van der Waals surface area contributed by atoms with Crippen molar-refractivity contribution in [3.8, 4) is 0 Å². The van der Waals surface area contributed by atoms with E-state index in [0.29, 0.717) is 24.9 Å². The molecule has 22 heavy (non-hydrogen) atoms. The fraction of sp³-hybridized carbons (Fsp3) is 0.438. The molecule has 1 heterocycles. The minimum atomic E-state index is 0.498. The average molecular weight is 301 g/mol. The van der Waals surface area contributed by atoms with E-state index < -0.39 is 0 Å². The summed E-state index contributed by atoms with van der Waals surface area (Å²) in [5.41, 5.74) is 3.59. The lowest BCUT2D eigenvalue weighted by molar-refractivity contribution is 0.210. The second-order valence-corrected chi connectivity index (χ2v) is 4.87. The lowest BCUT2D eigenvalue weighted by Crippen LogP contribution is -2.11. The molecule has 118 valence electrons. The summed E-state index contributed by atoms with van der Waals surface area (Å²) in [6.45, 7) is 5.58. The molecule has 0 unspecified atom stereocenters. The second-order valence-electron chi connectivity index (χ2n) is 4.87. The third kappa shape index (κ3) is 4.14. The van der Waals surface area contributed by atoms with Gasteiger partial charge in [-0.05, 0) is 24.0 Å². The number of para-hydroxylation sites is 1. The van der Waals surface area contributed by atoms with Crippen molar-refractivity contribution in [1.82, 2.24) is 15.2 Å². The van der Waals surface area contributed by atoms with E-state index in [-0.39, 0.29) is 0 Å². The van der Waals surface area contributed by atoms with Crippen molar-refractivity contribution >= 4 is 17.5 Å². The summed E-state index contributed by atoms with van der Waals surface area (Å²) in [5.74, 6) is 1.18. The lowest BCUT2D eigenvalue weighted by atomic mass is 10.0. The molecule has 1 aromatic carbocycles. The Kier molecular flexibility index (Phi) is 6.09. The monoisotopic (exact) mass is 301 g/mol. The van der Waals surface area contributed by atoms with Gasteiger partial charge in [-0.25, -0.2) is 0 Å². The van der Waals surface area contributed by atoms with Crippen LogP contribution < -0.4 is 10.6 Å². The Hall–Kier alpha value is -2.21. The zero-order chi connectivity index (χ0) is 15.8. The average Bonchev–Trinajstić information content (AvgIpc) is 2.55. The van der Waals surface area contributed by atoms with E-state index in [9.17, 15) is 0 Å². The summed E-state index contributed by atoms with van der Waals surface area (Å²) in [6.07, 6.45) is 3.51. The molecule has 0 aliphatic rings. The fourth-order valence-corrected chi connectivity index (χ4v) is 2.24. The van der Waals surface area contributed by atoms with Crippen LogP contribution in [0.15, 0.2) is 24.4 Å². The predicted molar refractivity (Wildman–Crippen MR) is 88.7 cm³/mol. The molecule has 0 fully saturated rings. The van der Waals surface area contributed by atoms with Gasteiger partial charge in [-0.3, -0.25) is 0 Å². The summed E-state index contributed by atoms with van der Waals surface area (Å²) in [4.78, 5) is 4.44. The molecule has 1 aromatic heterocycles. The van der Waals surface area contributed by atoms with Crippen LogP contribution in [0.2, 0.25) is 0 Å². The maximum atomic E-state index is 5.01. The topological polar surface area (TPSA) is 72.0 Å². The molecule has 0 atom stereocenters. The molecule has 0 bridgehead atoms. The quantitative estimate of drug-likeness (QED) is 0.731. The first kappa shape index (κ1) is 16.2. The zero-order valence-corrected chi connectivity index (χ0v) is 13.4. The van der Waals surface area contributed by atoms with E-state index >= 15 is 0 Å². The number of hydrogen-bond donors (Lipinski definition) is 2. The maximum absolute atomic E-state index is 5.01. The van der Waals surface area contributed by atoms with Crippen LogP contribution in [0.4, 0.5) is 17.5 Å². The highest BCUT2D eigenvalue weighted by Crippen LogP contribution is 2.25. The van der Waals surface area contributed by atoms with Gasteiger partial charge in [0.15, 0.2) is 5.82 Å². The van der Waals surface area contributed by atoms with Gasteiger partial charge in [0.2, 0.25) is 5.95 Å². The first-order chi connectivity index (χ1) is 10.8. The first-order valence-corrected chi connectivity index (χ1v) is 7.58. The van der Waals surface area contributed by atoms with E-state index in [0.717, 1.165) is 18.5 Å². The highest BCUT2D eigenvalue weighted by atomic mass is 16.5. The van der Waals surface area contributed by atoms with Gasteiger partial charge in [-0.1, -0.05) is 32.0 Å². The molecule has 2 N–H and O–H groups in total. The second kappa shape index (κ2) is 8.29. The number of aromatic nitrogens is 3. The van der Waals surface area contributed by atoms with Gasteiger partial charge in [0.1, 0.15) is 0 Å². The minimum absolute atomic E-state index is 0.498. The van der Waals surface area contributed by atoms with E-state index in [4.69, 9.17) is 4.74 Å². The Morgan fingerprint density at radius 3 is 2.50 bits per heavy atom. The number of methoxy groups -OCH3 is 1. The van der Waals surface area contributed by atoms with E-state index in [1.165, 1.54) is 11.1 Å². The van der Waals surface area contributed by atoms with Crippen molar-refractivity contribution in [3.63, 3.8) is 0 Å². The van der Waals surface area contributed by atoms with Gasteiger partial charge in [-0.15, -0.1) is 5.10 Å². The summed E-state index contributed by atoms with van der Waals surface area (Å²) in [6, 6.07) is 6.33. The smallest absolute Gasteiger partial charge is 0.249 e. The van der Waals surface area contributed by atoms with Crippen LogP contribution >= 0.6 is 0 Å². The number of aryl methyl sites for hydroxylation is 2.